The minimum absolute atomic E-state index is 0.162. The molecule has 2 aliphatic rings. The first-order valence-electron chi connectivity index (χ1n) is 9.70. The van der Waals surface area contributed by atoms with Crippen molar-refractivity contribution in [2.45, 2.75) is 18.6 Å². The summed E-state index contributed by atoms with van der Waals surface area (Å²) in [6.07, 6.45) is -4.77. The van der Waals surface area contributed by atoms with Gasteiger partial charge in [-0.1, -0.05) is 17.7 Å². The summed E-state index contributed by atoms with van der Waals surface area (Å²) in [7, 11) is 0. The number of carbonyl (C=O) groups excluding carboxylic acids is 3. The van der Waals surface area contributed by atoms with E-state index in [2.05, 4.69) is 10.6 Å². The van der Waals surface area contributed by atoms with E-state index in [0.717, 1.165) is 6.07 Å². The number of nitrogens with zero attached hydrogens (tertiary/aromatic N) is 1. The lowest BCUT2D eigenvalue weighted by Crippen LogP contribution is -2.42. The molecule has 0 radical (unpaired) electrons. The topological polar surface area (TPSA) is 97.0 Å². The third kappa shape index (κ3) is 4.28. The molecule has 2 aromatic carbocycles. The normalized spacial score (nSPS) is 20.0. The van der Waals surface area contributed by atoms with Gasteiger partial charge in [-0.25, -0.2) is 4.79 Å². The van der Waals surface area contributed by atoms with Crippen molar-refractivity contribution in [3.05, 3.63) is 52.5 Å². The molecule has 4 amide bonds. The number of hydrogen-bond donors (Lipinski definition) is 2. The van der Waals surface area contributed by atoms with Crippen LogP contribution in [0.1, 0.15) is 18.1 Å². The molecule has 2 aliphatic heterocycles. The Morgan fingerprint density at radius 3 is 2.55 bits per heavy atom. The van der Waals surface area contributed by atoms with E-state index < -0.39 is 47.4 Å². The molecule has 4 rings (SSSR count). The number of carbonyl (C=O) groups is 3. The molecule has 0 aromatic heterocycles. The van der Waals surface area contributed by atoms with Crippen LogP contribution in [-0.2, 0) is 21.3 Å². The van der Waals surface area contributed by atoms with E-state index in [1.165, 1.54) is 13.0 Å². The van der Waals surface area contributed by atoms with Gasteiger partial charge in [-0.05, 0) is 42.8 Å². The number of amides is 4. The fraction of sp³-hybridized carbons (Fsp3) is 0.286. The SMILES string of the molecule is CC1(c2ccc3c(c2)OCCO3)NC(=O)N(CC(=O)Nc2ccc(Cl)cc2C(F)(F)F)C1=O. The molecule has 2 heterocycles. The lowest BCUT2D eigenvalue weighted by atomic mass is 9.91. The number of halogens is 4. The summed E-state index contributed by atoms with van der Waals surface area (Å²) in [5.41, 5.74) is -2.81. The molecule has 1 fully saturated rings. The molecule has 2 N–H and O–H groups in total. The van der Waals surface area contributed by atoms with E-state index in [9.17, 15) is 27.6 Å². The fourth-order valence-corrected chi connectivity index (χ4v) is 3.76. The molecule has 0 bridgehead atoms. The molecule has 1 saturated heterocycles. The largest absolute Gasteiger partial charge is 0.486 e. The molecule has 0 aliphatic carbocycles. The lowest BCUT2D eigenvalue weighted by Gasteiger charge is -2.25. The summed E-state index contributed by atoms with van der Waals surface area (Å²) in [6.45, 7) is 1.37. The van der Waals surface area contributed by atoms with E-state index >= 15 is 0 Å². The molecule has 1 atom stereocenters. The number of anilines is 1. The minimum atomic E-state index is -4.77. The van der Waals surface area contributed by atoms with Crippen LogP contribution in [-0.4, -0.2) is 42.5 Å². The van der Waals surface area contributed by atoms with Crippen LogP contribution in [0.2, 0.25) is 5.02 Å². The highest BCUT2D eigenvalue weighted by Crippen LogP contribution is 2.38. The first-order chi connectivity index (χ1) is 15.5. The number of ether oxygens (including phenoxy) is 2. The highest BCUT2D eigenvalue weighted by Gasteiger charge is 2.50. The second-order valence-electron chi connectivity index (χ2n) is 7.54. The van der Waals surface area contributed by atoms with Crippen molar-refractivity contribution < 1.29 is 37.0 Å². The van der Waals surface area contributed by atoms with Gasteiger partial charge in [-0.15, -0.1) is 0 Å². The molecule has 0 spiro atoms. The number of imide groups is 1. The number of nitrogens with one attached hydrogen (secondary N) is 2. The van der Waals surface area contributed by atoms with Crippen molar-refractivity contribution in [3.63, 3.8) is 0 Å². The molecule has 2 aromatic rings. The van der Waals surface area contributed by atoms with Gasteiger partial charge in [0.2, 0.25) is 5.91 Å². The zero-order valence-electron chi connectivity index (χ0n) is 17.1. The molecule has 33 heavy (non-hydrogen) atoms. The lowest BCUT2D eigenvalue weighted by molar-refractivity contribution is -0.137. The molecular weight excluding hydrogens is 467 g/mol. The molecule has 8 nitrogen and oxygen atoms in total. The first-order valence-corrected chi connectivity index (χ1v) is 10.1. The smallest absolute Gasteiger partial charge is 0.418 e. The summed E-state index contributed by atoms with van der Waals surface area (Å²) < 4.78 is 50.7. The van der Waals surface area contributed by atoms with E-state index in [1.807, 2.05) is 0 Å². The van der Waals surface area contributed by atoms with Gasteiger partial charge in [0.15, 0.2) is 11.5 Å². The second kappa shape index (κ2) is 8.14. The zero-order chi connectivity index (χ0) is 24.0. The van der Waals surface area contributed by atoms with Gasteiger partial charge >= 0.3 is 12.2 Å². The summed E-state index contributed by atoms with van der Waals surface area (Å²) >= 11 is 5.63. The Morgan fingerprint density at radius 1 is 1.15 bits per heavy atom. The van der Waals surface area contributed by atoms with Gasteiger partial charge in [0, 0.05) is 5.02 Å². The highest BCUT2D eigenvalue weighted by molar-refractivity contribution is 6.30. The number of fused-ring (bicyclic) bond motifs is 1. The van der Waals surface area contributed by atoms with Gasteiger partial charge in [0.05, 0.1) is 11.3 Å². The van der Waals surface area contributed by atoms with Crippen LogP contribution in [0.3, 0.4) is 0 Å². The van der Waals surface area contributed by atoms with Crippen molar-refractivity contribution in [1.82, 2.24) is 10.2 Å². The standard InChI is InChI=1S/C21H17ClF3N3O5/c1-20(11-2-5-15-16(8-11)33-7-6-32-15)18(30)28(19(31)27-20)10-17(29)26-14-4-3-12(22)9-13(14)21(23,24)25/h2-5,8-9H,6-7,10H2,1H3,(H,26,29)(H,27,31). The van der Waals surface area contributed by atoms with Crippen LogP contribution in [0.15, 0.2) is 36.4 Å². The third-order valence-electron chi connectivity index (χ3n) is 5.26. The minimum Gasteiger partial charge on any atom is -0.486 e. The van der Waals surface area contributed by atoms with E-state index in [1.54, 1.807) is 18.2 Å². The highest BCUT2D eigenvalue weighted by atomic mass is 35.5. The Bertz CT molecular complexity index is 1160. The van der Waals surface area contributed by atoms with Gasteiger partial charge in [-0.3, -0.25) is 14.5 Å². The van der Waals surface area contributed by atoms with Crippen molar-refractivity contribution in [3.8, 4) is 11.5 Å². The zero-order valence-corrected chi connectivity index (χ0v) is 17.8. The fourth-order valence-electron chi connectivity index (χ4n) is 3.58. The van der Waals surface area contributed by atoms with Crippen LogP contribution in [0.25, 0.3) is 0 Å². The maximum absolute atomic E-state index is 13.3. The van der Waals surface area contributed by atoms with Gasteiger partial charge < -0.3 is 20.1 Å². The summed E-state index contributed by atoms with van der Waals surface area (Å²) in [5.74, 6) is -0.838. The summed E-state index contributed by atoms with van der Waals surface area (Å²) in [6, 6.07) is 6.72. The van der Waals surface area contributed by atoms with E-state index in [0.29, 0.717) is 41.2 Å². The van der Waals surface area contributed by atoms with Crippen LogP contribution in [0, 0.1) is 0 Å². The monoisotopic (exact) mass is 483 g/mol. The number of rotatable bonds is 4. The number of benzene rings is 2. The van der Waals surface area contributed by atoms with E-state index in [-0.39, 0.29) is 5.02 Å². The van der Waals surface area contributed by atoms with Gasteiger partial charge in [0.1, 0.15) is 25.3 Å². The second-order valence-corrected chi connectivity index (χ2v) is 7.98. The van der Waals surface area contributed by atoms with Crippen LogP contribution >= 0.6 is 11.6 Å². The average Bonchev–Trinajstić information content (AvgIpc) is 2.98. The van der Waals surface area contributed by atoms with Gasteiger partial charge in [-0.2, -0.15) is 13.2 Å². The van der Waals surface area contributed by atoms with Gasteiger partial charge in [0.25, 0.3) is 5.91 Å². The maximum atomic E-state index is 13.3. The molecule has 12 heteroatoms. The maximum Gasteiger partial charge on any atom is 0.418 e. The Kier molecular flexibility index (Phi) is 5.61. The number of urea groups is 1. The Morgan fingerprint density at radius 2 is 1.85 bits per heavy atom. The first kappa shape index (κ1) is 22.7. The molecular formula is C21H17ClF3N3O5. The summed E-state index contributed by atoms with van der Waals surface area (Å²) in [4.78, 5) is 38.6. The predicted octanol–water partition coefficient (Wildman–Crippen LogP) is 3.54. The van der Waals surface area contributed by atoms with Crippen molar-refractivity contribution in [2.24, 2.45) is 0 Å². The van der Waals surface area contributed by atoms with E-state index in [4.69, 9.17) is 21.1 Å². The quantitative estimate of drug-likeness (QED) is 0.648. The Hall–Kier alpha value is -3.47. The molecule has 1 unspecified atom stereocenters. The van der Waals surface area contributed by atoms with Crippen LogP contribution in [0.4, 0.5) is 23.7 Å². The van der Waals surface area contributed by atoms with Crippen LogP contribution in [0.5, 0.6) is 11.5 Å². The summed E-state index contributed by atoms with van der Waals surface area (Å²) in [5, 5.41) is 4.46. The Balaban J connectivity index is 1.53. The third-order valence-corrected chi connectivity index (χ3v) is 5.49. The number of alkyl halides is 3. The molecule has 0 saturated carbocycles. The average molecular weight is 484 g/mol. The van der Waals surface area contributed by atoms with Crippen LogP contribution < -0.4 is 20.1 Å². The predicted molar refractivity (Wildman–Crippen MR) is 110 cm³/mol. The molecule has 174 valence electrons. The van der Waals surface area contributed by atoms with Crippen molar-refractivity contribution in [2.75, 3.05) is 25.1 Å². The van der Waals surface area contributed by atoms with Crippen molar-refractivity contribution >= 4 is 35.1 Å². The van der Waals surface area contributed by atoms with Crippen molar-refractivity contribution in [1.29, 1.82) is 0 Å². The Labute approximate surface area is 190 Å². The number of hydrogen-bond acceptors (Lipinski definition) is 5.